The van der Waals surface area contributed by atoms with Crippen LogP contribution < -0.4 is 0 Å². The molecule has 1 aromatic heterocycles. The monoisotopic (exact) mass is 328 g/mol. The highest BCUT2D eigenvalue weighted by Crippen LogP contribution is 2.32. The van der Waals surface area contributed by atoms with Crippen molar-refractivity contribution in [1.29, 1.82) is 0 Å². The predicted molar refractivity (Wildman–Crippen MR) is 73.3 cm³/mol. The molecule has 7 nitrogen and oxygen atoms in total. The zero-order chi connectivity index (χ0) is 15.4. The molecule has 0 aliphatic carbocycles. The molecule has 0 radical (unpaired) electrons. The van der Waals surface area contributed by atoms with Gasteiger partial charge in [-0.05, 0) is 36.4 Å². The lowest BCUT2D eigenvalue weighted by Gasteiger charge is -1.97. The summed E-state index contributed by atoms with van der Waals surface area (Å²) in [6, 6.07) is 7.39. The highest BCUT2D eigenvalue weighted by molar-refractivity contribution is 7.86. The fourth-order valence-electron chi connectivity index (χ4n) is 2.06. The van der Waals surface area contributed by atoms with Crippen LogP contribution in [0.4, 0.5) is 0 Å². The molecule has 21 heavy (non-hydrogen) atoms. The van der Waals surface area contributed by atoms with Crippen molar-refractivity contribution in [2.75, 3.05) is 0 Å². The van der Waals surface area contributed by atoms with Crippen LogP contribution in [-0.4, -0.2) is 25.9 Å². The number of fused-ring (bicyclic) bond motifs is 3. The summed E-state index contributed by atoms with van der Waals surface area (Å²) in [5, 5.41) is 0.622. The maximum atomic E-state index is 11.1. The maximum Gasteiger partial charge on any atom is 0.294 e. The summed E-state index contributed by atoms with van der Waals surface area (Å²) >= 11 is 0. The average molecular weight is 328 g/mol. The van der Waals surface area contributed by atoms with E-state index in [0.29, 0.717) is 21.9 Å². The van der Waals surface area contributed by atoms with E-state index in [4.69, 9.17) is 13.5 Å². The van der Waals surface area contributed by atoms with Crippen LogP contribution in [0.25, 0.3) is 21.9 Å². The Morgan fingerprint density at radius 3 is 1.43 bits per heavy atom. The van der Waals surface area contributed by atoms with Gasteiger partial charge in [0.15, 0.2) is 0 Å². The summed E-state index contributed by atoms with van der Waals surface area (Å²) in [5.41, 5.74) is 0.648. The fraction of sp³-hybridized carbons (Fsp3) is 0. The third-order valence-electron chi connectivity index (χ3n) is 3.01. The molecule has 1 heterocycles. The van der Waals surface area contributed by atoms with Crippen LogP contribution in [-0.2, 0) is 20.2 Å². The summed E-state index contributed by atoms with van der Waals surface area (Å²) in [6.07, 6.45) is 0. The zero-order valence-corrected chi connectivity index (χ0v) is 11.8. The minimum atomic E-state index is -4.39. The second kappa shape index (κ2) is 4.28. The van der Waals surface area contributed by atoms with Crippen molar-refractivity contribution in [3.63, 3.8) is 0 Å². The van der Waals surface area contributed by atoms with Crippen molar-refractivity contribution in [2.24, 2.45) is 0 Å². The lowest BCUT2D eigenvalue weighted by molar-refractivity contribution is 0.481. The van der Waals surface area contributed by atoms with E-state index < -0.39 is 20.2 Å². The number of hydrogen-bond donors (Lipinski definition) is 2. The van der Waals surface area contributed by atoms with Gasteiger partial charge in [-0.15, -0.1) is 0 Å². The molecule has 3 aromatic rings. The Bertz CT molecular complexity index is 989. The maximum absolute atomic E-state index is 11.1. The lowest BCUT2D eigenvalue weighted by atomic mass is 10.1. The molecule has 0 aliphatic rings. The molecule has 9 heteroatoms. The van der Waals surface area contributed by atoms with E-state index in [1.165, 1.54) is 36.4 Å². The van der Waals surface area contributed by atoms with Gasteiger partial charge >= 0.3 is 0 Å². The average Bonchev–Trinajstić information content (AvgIpc) is 2.73. The molecule has 110 valence electrons. The molecule has 0 amide bonds. The quantitative estimate of drug-likeness (QED) is 0.690. The SMILES string of the molecule is O=S(=O)(O)c1ccc2oc3ccc(S(=O)(=O)O)cc3c2c1. The number of furan rings is 1. The molecule has 0 spiro atoms. The van der Waals surface area contributed by atoms with E-state index in [-0.39, 0.29) is 9.79 Å². The number of benzene rings is 2. The molecule has 2 aromatic carbocycles. The van der Waals surface area contributed by atoms with Gasteiger partial charge in [0, 0.05) is 10.8 Å². The Morgan fingerprint density at radius 2 is 1.10 bits per heavy atom. The van der Waals surface area contributed by atoms with Crippen molar-refractivity contribution in [3.05, 3.63) is 36.4 Å². The first-order valence-electron chi connectivity index (χ1n) is 5.57. The first-order chi connectivity index (χ1) is 9.66. The van der Waals surface area contributed by atoms with Crippen molar-refractivity contribution >= 4 is 42.2 Å². The second-order valence-corrected chi connectivity index (χ2v) is 7.21. The van der Waals surface area contributed by atoms with Crippen LogP contribution >= 0.6 is 0 Å². The zero-order valence-electron chi connectivity index (χ0n) is 10.2. The molecule has 0 bridgehead atoms. The lowest BCUT2D eigenvalue weighted by Crippen LogP contribution is -1.97. The van der Waals surface area contributed by atoms with Crippen LogP contribution in [0.15, 0.2) is 50.6 Å². The van der Waals surface area contributed by atoms with E-state index in [1.54, 1.807) is 0 Å². The van der Waals surface area contributed by atoms with Crippen LogP contribution in [0.2, 0.25) is 0 Å². The first-order valence-corrected chi connectivity index (χ1v) is 8.45. The van der Waals surface area contributed by atoms with Crippen molar-refractivity contribution < 1.29 is 30.4 Å². The second-order valence-electron chi connectivity index (χ2n) is 4.37. The fourth-order valence-corrected chi connectivity index (χ4v) is 3.07. The largest absolute Gasteiger partial charge is 0.456 e. The topological polar surface area (TPSA) is 122 Å². The van der Waals surface area contributed by atoms with Crippen LogP contribution in [0.1, 0.15) is 0 Å². The van der Waals surface area contributed by atoms with Crippen LogP contribution in [0.3, 0.4) is 0 Å². The molecule has 0 aliphatic heterocycles. The Kier molecular flexibility index (Phi) is 2.85. The Morgan fingerprint density at radius 1 is 0.714 bits per heavy atom. The highest BCUT2D eigenvalue weighted by Gasteiger charge is 2.16. The van der Waals surface area contributed by atoms with E-state index in [1.807, 2.05) is 0 Å². The van der Waals surface area contributed by atoms with E-state index in [9.17, 15) is 16.8 Å². The minimum absolute atomic E-state index is 0.311. The van der Waals surface area contributed by atoms with Gasteiger partial charge in [0.05, 0.1) is 9.79 Å². The van der Waals surface area contributed by atoms with Gasteiger partial charge < -0.3 is 4.42 Å². The van der Waals surface area contributed by atoms with Crippen LogP contribution in [0, 0.1) is 0 Å². The summed E-state index contributed by atoms with van der Waals surface area (Å²) in [7, 11) is -8.78. The summed E-state index contributed by atoms with van der Waals surface area (Å²) in [4.78, 5) is -0.676. The normalized spacial score (nSPS) is 13.0. The van der Waals surface area contributed by atoms with Gasteiger partial charge in [-0.1, -0.05) is 0 Å². The molecule has 0 saturated carbocycles. The highest BCUT2D eigenvalue weighted by atomic mass is 32.2. The van der Waals surface area contributed by atoms with Gasteiger partial charge in [0.1, 0.15) is 11.2 Å². The molecule has 0 fully saturated rings. The van der Waals surface area contributed by atoms with Gasteiger partial charge in [-0.2, -0.15) is 16.8 Å². The van der Waals surface area contributed by atoms with Crippen molar-refractivity contribution in [2.45, 2.75) is 9.79 Å². The summed E-state index contributed by atoms with van der Waals surface area (Å²) < 4.78 is 68.1. The number of hydrogen-bond acceptors (Lipinski definition) is 5. The Balaban J connectivity index is 2.42. The molecule has 2 N–H and O–H groups in total. The molecular formula is C12H8O7S2. The van der Waals surface area contributed by atoms with Crippen molar-refractivity contribution in [3.8, 4) is 0 Å². The molecule has 0 unspecified atom stereocenters. The van der Waals surface area contributed by atoms with Crippen molar-refractivity contribution in [1.82, 2.24) is 0 Å². The van der Waals surface area contributed by atoms with E-state index in [2.05, 4.69) is 0 Å². The third kappa shape index (κ3) is 2.40. The molecule has 0 saturated heterocycles. The predicted octanol–water partition coefficient (Wildman–Crippen LogP) is 2.08. The smallest absolute Gasteiger partial charge is 0.294 e. The van der Waals surface area contributed by atoms with E-state index in [0.717, 1.165) is 0 Å². The van der Waals surface area contributed by atoms with Crippen LogP contribution in [0.5, 0.6) is 0 Å². The molecule has 3 rings (SSSR count). The summed E-state index contributed by atoms with van der Waals surface area (Å²) in [5.74, 6) is 0. The van der Waals surface area contributed by atoms with Gasteiger partial charge in [0.25, 0.3) is 20.2 Å². The third-order valence-corrected chi connectivity index (χ3v) is 4.71. The van der Waals surface area contributed by atoms with E-state index >= 15 is 0 Å². The van der Waals surface area contributed by atoms with Gasteiger partial charge in [-0.3, -0.25) is 9.11 Å². The Labute approximate surface area is 119 Å². The first kappa shape index (κ1) is 14.0. The summed E-state index contributed by atoms with van der Waals surface area (Å²) in [6.45, 7) is 0. The molecule has 0 atom stereocenters. The Hall–Kier alpha value is -1.94. The number of rotatable bonds is 2. The standard InChI is InChI=1S/C12H8O7S2/c13-20(14,15)7-1-3-11-9(5-7)10-6-8(21(16,17)18)2-4-12(10)19-11/h1-6H,(H,13,14,15)(H,16,17,18). The van der Waals surface area contributed by atoms with Gasteiger partial charge in [-0.25, -0.2) is 0 Å². The minimum Gasteiger partial charge on any atom is -0.456 e. The van der Waals surface area contributed by atoms with Gasteiger partial charge in [0.2, 0.25) is 0 Å². The molecular weight excluding hydrogens is 320 g/mol.